The van der Waals surface area contributed by atoms with Crippen LogP contribution in [0.3, 0.4) is 0 Å². The van der Waals surface area contributed by atoms with Crippen LogP contribution in [-0.4, -0.2) is 9.96 Å². The van der Waals surface area contributed by atoms with E-state index in [9.17, 15) is 13.0 Å². The molecule has 0 bridgehead atoms. The molecule has 0 spiro atoms. The molecule has 0 amide bonds. The second kappa shape index (κ2) is 3.12. The molecule has 1 aromatic rings. The van der Waals surface area contributed by atoms with Gasteiger partial charge in [-0.25, -0.2) is 8.78 Å². The Morgan fingerprint density at radius 2 is 2.14 bits per heavy atom. The van der Waals surface area contributed by atoms with E-state index in [-0.39, 0.29) is 17.7 Å². The number of benzene rings is 1. The van der Waals surface area contributed by atoms with Crippen LogP contribution < -0.4 is 0 Å². The third-order valence-corrected chi connectivity index (χ3v) is 4.01. The summed E-state index contributed by atoms with van der Waals surface area (Å²) in [5.41, 5.74) is 0.641. The first kappa shape index (κ1) is 9.77. The average Bonchev–Trinajstić information content (AvgIpc) is 2.12. The molecule has 2 rings (SSSR count). The van der Waals surface area contributed by atoms with Crippen LogP contribution in [-0.2, 0) is 16.7 Å². The Hall–Kier alpha value is -0.770. The van der Waals surface area contributed by atoms with Crippen molar-refractivity contribution in [1.82, 2.24) is 0 Å². The van der Waals surface area contributed by atoms with Crippen LogP contribution >= 0.6 is 0 Å². The first-order chi connectivity index (χ1) is 6.52. The molecule has 14 heavy (non-hydrogen) atoms. The highest BCUT2D eigenvalue weighted by Gasteiger charge is 2.39. The fraction of sp³-hybridized carbons (Fsp3) is 0.400. The highest BCUT2D eigenvalue weighted by atomic mass is 32.2. The highest BCUT2D eigenvalue weighted by Crippen LogP contribution is 2.40. The maximum Gasteiger partial charge on any atom is 0.275 e. The lowest BCUT2D eigenvalue weighted by Crippen LogP contribution is -2.25. The lowest BCUT2D eigenvalue weighted by molar-refractivity contribution is -0.0122. The summed E-state index contributed by atoms with van der Waals surface area (Å²) in [5, 5.41) is 0. The summed E-state index contributed by atoms with van der Waals surface area (Å²) in [7, 11) is -1.25. The Morgan fingerprint density at radius 3 is 2.79 bits per heavy atom. The van der Waals surface area contributed by atoms with Gasteiger partial charge in [0, 0.05) is 17.7 Å². The van der Waals surface area contributed by atoms with Gasteiger partial charge in [0.25, 0.3) is 5.92 Å². The van der Waals surface area contributed by atoms with Gasteiger partial charge >= 0.3 is 0 Å². The van der Waals surface area contributed by atoms with Crippen molar-refractivity contribution in [3.63, 3.8) is 0 Å². The molecule has 1 atom stereocenters. The fourth-order valence-electron chi connectivity index (χ4n) is 1.70. The molecule has 0 saturated heterocycles. The molecule has 0 aliphatic carbocycles. The van der Waals surface area contributed by atoms with Gasteiger partial charge in [-0.1, -0.05) is 18.2 Å². The third-order valence-electron chi connectivity index (χ3n) is 2.44. The zero-order valence-electron chi connectivity index (χ0n) is 7.72. The first-order valence-electron chi connectivity index (χ1n) is 4.39. The van der Waals surface area contributed by atoms with E-state index < -0.39 is 16.7 Å². The summed E-state index contributed by atoms with van der Waals surface area (Å²) in [5.74, 6) is -2.75. The number of rotatable bonds is 0. The SMILES string of the molecule is Cc1cccc2c1S(=O)CCC2(F)F. The van der Waals surface area contributed by atoms with E-state index >= 15 is 0 Å². The van der Waals surface area contributed by atoms with Gasteiger partial charge in [0.2, 0.25) is 0 Å². The van der Waals surface area contributed by atoms with Gasteiger partial charge in [-0.15, -0.1) is 0 Å². The number of fused-ring (bicyclic) bond motifs is 1. The summed E-state index contributed by atoms with van der Waals surface area (Å²) < 4.78 is 38.4. The molecule has 1 aliphatic heterocycles. The molecule has 1 heterocycles. The molecule has 0 radical (unpaired) electrons. The average molecular weight is 216 g/mol. The van der Waals surface area contributed by atoms with Crippen molar-refractivity contribution in [2.45, 2.75) is 24.2 Å². The Labute approximate surface area is 83.6 Å². The second-order valence-electron chi connectivity index (χ2n) is 3.46. The smallest absolute Gasteiger partial charge is 0.254 e. The van der Waals surface area contributed by atoms with E-state index in [1.165, 1.54) is 6.07 Å². The molecule has 0 N–H and O–H groups in total. The monoisotopic (exact) mass is 216 g/mol. The fourth-order valence-corrected chi connectivity index (χ4v) is 3.24. The summed E-state index contributed by atoms with van der Waals surface area (Å²) in [4.78, 5) is 0.337. The van der Waals surface area contributed by atoms with Crippen molar-refractivity contribution < 1.29 is 13.0 Å². The Balaban J connectivity index is 2.69. The summed E-state index contributed by atoms with van der Waals surface area (Å²) in [6.07, 6.45) is -0.309. The van der Waals surface area contributed by atoms with E-state index in [0.29, 0.717) is 10.5 Å². The van der Waals surface area contributed by atoms with Gasteiger partial charge in [0.05, 0.1) is 15.7 Å². The molecular formula is C10H10F2OS. The Bertz CT molecular complexity index is 401. The molecular weight excluding hydrogens is 206 g/mol. The van der Waals surface area contributed by atoms with Crippen molar-refractivity contribution in [2.75, 3.05) is 5.75 Å². The summed E-state index contributed by atoms with van der Waals surface area (Å²) >= 11 is 0. The molecule has 76 valence electrons. The molecule has 4 heteroatoms. The quantitative estimate of drug-likeness (QED) is 0.651. The van der Waals surface area contributed by atoms with Gasteiger partial charge in [-0.3, -0.25) is 4.21 Å². The van der Waals surface area contributed by atoms with Crippen molar-refractivity contribution in [3.05, 3.63) is 29.3 Å². The maximum absolute atomic E-state index is 13.4. The van der Waals surface area contributed by atoms with Crippen molar-refractivity contribution in [3.8, 4) is 0 Å². The van der Waals surface area contributed by atoms with Gasteiger partial charge < -0.3 is 0 Å². The molecule has 0 fully saturated rings. The van der Waals surface area contributed by atoms with Gasteiger partial charge in [0.1, 0.15) is 0 Å². The topological polar surface area (TPSA) is 17.1 Å². The predicted octanol–water partition coefficient (Wildman–Crippen LogP) is 2.60. The minimum Gasteiger partial charge on any atom is -0.254 e. The zero-order chi connectivity index (χ0) is 10.3. The molecule has 1 unspecified atom stereocenters. The molecule has 1 nitrogen and oxygen atoms in total. The van der Waals surface area contributed by atoms with Crippen molar-refractivity contribution in [2.24, 2.45) is 0 Å². The van der Waals surface area contributed by atoms with Gasteiger partial charge in [-0.05, 0) is 12.5 Å². The van der Waals surface area contributed by atoms with Crippen LogP contribution in [0.15, 0.2) is 23.1 Å². The first-order valence-corrected chi connectivity index (χ1v) is 5.70. The maximum atomic E-state index is 13.4. The molecule has 0 saturated carbocycles. The van der Waals surface area contributed by atoms with Crippen LogP contribution in [0.25, 0.3) is 0 Å². The number of hydrogen-bond donors (Lipinski definition) is 0. The lowest BCUT2D eigenvalue weighted by Gasteiger charge is -2.25. The van der Waals surface area contributed by atoms with Gasteiger partial charge in [-0.2, -0.15) is 0 Å². The Kier molecular flexibility index (Phi) is 2.18. The van der Waals surface area contributed by atoms with Crippen molar-refractivity contribution in [1.29, 1.82) is 0 Å². The predicted molar refractivity (Wildman–Crippen MR) is 51.0 cm³/mol. The number of alkyl halides is 2. The molecule has 1 aliphatic rings. The highest BCUT2D eigenvalue weighted by molar-refractivity contribution is 7.85. The van der Waals surface area contributed by atoms with Gasteiger partial charge in [0.15, 0.2) is 0 Å². The Morgan fingerprint density at radius 1 is 1.43 bits per heavy atom. The van der Waals surface area contributed by atoms with Crippen LogP contribution in [0.2, 0.25) is 0 Å². The number of aryl methyl sites for hydroxylation is 1. The largest absolute Gasteiger partial charge is 0.275 e. The van der Waals surface area contributed by atoms with Crippen LogP contribution in [0.1, 0.15) is 17.5 Å². The van der Waals surface area contributed by atoms with E-state index in [0.717, 1.165) is 0 Å². The molecule has 0 aromatic heterocycles. The minimum atomic E-state index is -2.81. The van der Waals surface area contributed by atoms with E-state index in [1.807, 2.05) is 0 Å². The standard InChI is InChI=1S/C10H10F2OS/c1-7-3-2-4-8-9(7)14(13)6-5-10(8,11)12/h2-4H,5-6H2,1H3. The van der Waals surface area contributed by atoms with Crippen molar-refractivity contribution >= 4 is 10.8 Å². The lowest BCUT2D eigenvalue weighted by atomic mass is 10.0. The molecule has 1 aromatic carbocycles. The van der Waals surface area contributed by atoms with Crippen LogP contribution in [0, 0.1) is 6.92 Å². The number of hydrogen-bond acceptors (Lipinski definition) is 1. The summed E-state index contributed by atoms with van der Waals surface area (Å²) in [6, 6.07) is 4.68. The second-order valence-corrected chi connectivity index (χ2v) is 4.96. The van der Waals surface area contributed by atoms with E-state index in [2.05, 4.69) is 0 Å². The minimum absolute atomic E-state index is 0.0536. The van der Waals surface area contributed by atoms with Crippen LogP contribution in [0.4, 0.5) is 8.78 Å². The van der Waals surface area contributed by atoms with E-state index in [4.69, 9.17) is 0 Å². The number of halogens is 2. The van der Waals surface area contributed by atoms with Crippen LogP contribution in [0.5, 0.6) is 0 Å². The third kappa shape index (κ3) is 1.38. The normalized spacial score (nSPS) is 24.4. The van der Waals surface area contributed by atoms with E-state index in [1.54, 1.807) is 19.1 Å². The zero-order valence-corrected chi connectivity index (χ0v) is 8.54. The summed E-state index contributed by atoms with van der Waals surface area (Å²) in [6.45, 7) is 1.72.